The molecule has 0 radical (unpaired) electrons. The highest BCUT2D eigenvalue weighted by Crippen LogP contribution is 2.13. The van der Waals surface area contributed by atoms with Crippen molar-refractivity contribution >= 4 is 16.0 Å². The third-order valence-corrected chi connectivity index (χ3v) is 9.84. The Kier molecular flexibility index (Phi) is 37.4. The van der Waals surface area contributed by atoms with Crippen molar-refractivity contribution in [3.63, 3.8) is 0 Å². The molecule has 0 rings (SSSR count). The minimum Gasteiger partial charge on any atom is -0.387 e. The van der Waals surface area contributed by atoms with Crippen molar-refractivity contribution in [2.45, 2.75) is 193 Å². The minimum atomic E-state index is -4.37. The standard InChI is InChI=1S/C46H79NO5S/c1-3-5-7-9-11-13-15-17-19-21-22-23-24-26-28-30-32-34-36-38-40-42-46(49)47-44(43-53(50,51)52)45(48)41-39-37-35-33-31-29-27-25-20-18-16-14-12-10-8-6-4-2/h5,7,11,13,17,19,22-23,26,28,31,33,39,41,44-45,48H,3-4,6,8-10,12,14-16,18,20-21,24-25,27,29-30,32,34-38,40,42-43H2,1-2H3,(H,47,49)(H,50,51,52)/b7-5-,13-11-,19-17-,23-22-,28-26-,33-31+,41-39+. The van der Waals surface area contributed by atoms with E-state index in [1.807, 2.05) is 0 Å². The first-order chi connectivity index (χ1) is 25.8. The molecule has 0 aromatic rings. The fourth-order valence-electron chi connectivity index (χ4n) is 5.90. The molecule has 0 aliphatic carbocycles. The third kappa shape index (κ3) is 40.5. The van der Waals surface area contributed by atoms with Crippen molar-refractivity contribution in [1.82, 2.24) is 5.32 Å². The first-order valence-electron chi connectivity index (χ1n) is 21.3. The molecule has 0 spiro atoms. The fraction of sp³-hybridized carbons (Fsp3) is 0.674. The minimum absolute atomic E-state index is 0.261. The Labute approximate surface area is 326 Å². The van der Waals surface area contributed by atoms with Crippen LogP contribution in [0.15, 0.2) is 85.1 Å². The zero-order valence-electron chi connectivity index (χ0n) is 33.9. The highest BCUT2D eigenvalue weighted by atomic mass is 32.2. The van der Waals surface area contributed by atoms with Crippen molar-refractivity contribution in [3.05, 3.63) is 85.1 Å². The molecule has 0 heterocycles. The number of aliphatic hydroxyl groups excluding tert-OH is 1. The molecule has 0 aromatic carbocycles. The Bertz CT molecular complexity index is 1150. The summed E-state index contributed by atoms with van der Waals surface area (Å²) in [5.41, 5.74) is 0. The van der Waals surface area contributed by atoms with Gasteiger partial charge < -0.3 is 10.4 Å². The number of hydrogen-bond donors (Lipinski definition) is 3. The van der Waals surface area contributed by atoms with Gasteiger partial charge in [-0.05, 0) is 77.0 Å². The van der Waals surface area contributed by atoms with Crippen LogP contribution in [0, 0.1) is 0 Å². The van der Waals surface area contributed by atoms with E-state index in [0.717, 1.165) is 77.0 Å². The number of nitrogens with one attached hydrogen (secondary N) is 1. The molecule has 0 aromatic heterocycles. The van der Waals surface area contributed by atoms with Gasteiger partial charge in [0.2, 0.25) is 5.91 Å². The predicted octanol–water partition coefficient (Wildman–Crippen LogP) is 12.8. The number of carbonyl (C=O) groups is 1. The van der Waals surface area contributed by atoms with Gasteiger partial charge in [-0.25, -0.2) is 0 Å². The number of rotatable bonds is 37. The van der Waals surface area contributed by atoms with Gasteiger partial charge in [0.25, 0.3) is 10.1 Å². The third-order valence-electron chi connectivity index (χ3n) is 9.06. The Morgan fingerprint density at radius 1 is 0.528 bits per heavy atom. The number of carbonyl (C=O) groups excluding carboxylic acids is 1. The van der Waals surface area contributed by atoms with Crippen LogP contribution in [0.4, 0.5) is 0 Å². The first-order valence-corrected chi connectivity index (χ1v) is 22.9. The van der Waals surface area contributed by atoms with Crippen LogP contribution in [0.5, 0.6) is 0 Å². The molecule has 0 saturated carbocycles. The van der Waals surface area contributed by atoms with E-state index < -0.39 is 28.0 Å². The van der Waals surface area contributed by atoms with Crippen LogP contribution in [0.25, 0.3) is 0 Å². The molecule has 0 fully saturated rings. The zero-order chi connectivity index (χ0) is 38.9. The number of hydrogen-bond acceptors (Lipinski definition) is 4. The van der Waals surface area contributed by atoms with Gasteiger partial charge in [0, 0.05) is 6.42 Å². The van der Waals surface area contributed by atoms with Crippen LogP contribution < -0.4 is 5.32 Å². The summed E-state index contributed by atoms with van der Waals surface area (Å²) in [4.78, 5) is 12.5. The molecule has 7 heteroatoms. The number of allylic oxidation sites excluding steroid dienone is 13. The molecule has 6 nitrogen and oxygen atoms in total. The van der Waals surface area contributed by atoms with Gasteiger partial charge in [0.15, 0.2) is 0 Å². The van der Waals surface area contributed by atoms with Crippen LogP contribution in [-0.2, 0) is 14.9 Å². The molecular formula is C46H79NO5S. The van der Waals surface area contributed by atoms with Gasteiger partial charge in [-0.1, -0.05) is 182 Å². The largest absolute Gasteiger partial charge is 0.387 e. The molecule has 0 saturated heterocycles. The quantitative estimate of drug-likeness (QED) is 0.0332. The summed E-state index contributed by atoms with van der Waals surface area (Å²) in [5.74, 6) is -1.03. The highest BCUT2D eigenvalue weighted by Gasteiger charge is 2.24. The Morgan fingerprint density at radius 3 is 1.42 bits per heavy atom. The summed E-state index contributed by atoms with van der Waals surface area (Å²) in [6, 6.07) is -1.09. The number of aliphatic hydroxyl groups is 1. The summed E-state index contributed by atoms with van der Waals surface area (Å²) >= 11 is 0. The average molecular weight is 758 g/mol. The second kappa shape index (κ2) is 39.2. The van der Waals surface area contributed by atoms with E-state index in [1.54, 1.807) is 6.08 Å². The van der Waals surface area contributed by atoms with E-state index in [0.29, 0.717) is 12.8 Å². The van der Waals surface area contributed by atoms with Crippen LogP contribution in [-0.4, -0.2) is 41.9 Å². The summed E-state index contributed by atoms with van der Waals surface area (Å²) in [5, 5.41) is 13.2. The normalized spacial score (nSPS) is 14.1. The van der Waals surface area contributed by atoms with E-state index in [-0.39, 0.29) is 12.3 Å². The summed E-state index contributed by atoms with van der Waals surface area (Å²) in [6.07, 6.45) is 57.1. The van der Waals surface area contributed by atoms with Crippen LogP contribution in [0.3, 0.4) is 0 Å². The lowest BCUT2D eigenvalue weighted by Crippen LogP contribution is -2.46. The number of unbranched alkanes of at least 4 members (excludes halogenated alkanes) is 17. The number of amides is 1. The van der Waals surface area contributed by atoms with E-state index in [4.69, 9.17) is 0 Å². The van der Waals surface area contributed by atoms with E-state index in [2.05, 4.69) is 92.1 Å². The lowest BCUT2D eigenvalue weighted by Gasteiger charge is -2.21. The van der Waals surface area contributed by atoms with Crippen molar-refractivity contribution in [3.8, 4) is 0 Å². The highest BCUT2D eigenvalue weighted by molar-refractivity contribution is 7.85. The van der Waals surface area contributed by atoms with Gasteiger partial charge >= 0.3 is 0 Å². The topological polar surface area (TPSA) is 104 Å². The smallest absolute Gasteiger partial charge is 0.267 e. The maximum Gasteiger partial charge on any atom is 0.267 e. The Morgan fingerprint density at radius 2 is 0.925 bits per heavy atom. The van der Waals surface area contributed by atoms with Crippen LogP contribution in [0.1, 0.15) is 181 Å². The molecule has 2 atom stereocenters. The van der Waals surface area contributed by atoms with Crippen LogP contribution >= 0.6 is 0 Å². The lowest BCUT2D eigenvalue weighted by atomic mass is 10.1. The van der Waals surface area contributed by atoms with E-state index in [1.165, 1.54) is 76.7 Å². The Hall–Kier alpha value is -2.48. The van der Waals surface area contributed by atoms with E-state index >= 15 is 0 Å². The van der Waals surface area contributed by atoms with Crippen molar-refractivity contribution in [1.29, 1.82) is 0 Å². The van der Waals surface area contributed by atoms with Gasteiger partial charge in [0.1, 0.15) is 0 Å². The van der Waals surface area contributed by atoms with Gasteiger partial charge in [0.05, 0.1) is 17.9 Å². The fourth-order valence-corrected chi connectivity index (χ4v) is 6.64. The van der Waals surface area contributed by atoms with Crippen molar-refractivity contribution < 1.29 is 22.9 Å². The molecule has 0 bridgehead atoms. The molecule has 2 unspecified atom stereocenters. The van der Waals surface area contributed by atoms with Gasteiger partial charge in [-0.15, -0.1) is 0 Å². The maximum absolute atomic E-state index is 12.5. The second-order valence-electron chi connectivity index (χ2n) is 14.2. The molecular weight excluding hydrogens is 679 g/mol. The molecule has 53 heavy (non-hydrogen) atoms. The van der Waals surface area contributed by atoms with Crippen LogP contribution in [0.2, 0.25) is 0 Å². The van der Waals surface area contributed by atoms with Crippen molar-refractivity contribution in [2.24, 2.45) is 0 Å². The Balaban J connectivity index is 4.02. The first kappa shape index (κ1) is 50.5. The molecule has 0 aliphatic rings. The summed E-state index contributed by atoms with van der Waals surface area (Å²) < 4.78 is 32.5. The van der Waals surface area contributed by atoms with Gasteiger partial charge in [-0.3, -0.25) is 9.35 Å². The predicted molar refractivity (Wildman–Crippen MR) is 230 cm³/mol. The second-order valence-corrected chi connectivity index (χ2v) is 15.7. The monoisotopic (exact) mass is 758 g/mol. The summed E-state index contributed by atoms with van der Waals surface area (Å²) in [6.45, 7) is 4.41. The SMILES string of the molecule is CC/C=C\C/C=C\C/C=C\C/C=C\C/C=C\CCCCCCCC(=O)NC(CS(=O)(=O)O)C(O)/C=C/CC/C=C/CCCCCCCCCCCCC. The lowest BCUT2D eigenvalue weighted by molar-refractivity contribution is -0.122. The molecule has 3 N–H and O–H groups in total. The molecule has 1 amide bonds. The van der Waals surface area contributed by atoms with Crippen molar-refractivity contribution in [2.75, 3.05) is 5.75 Å². The molecule has 304 valence electrons. The average Bonchev–Trinajstić information content (AvgIpc) is 3.12. The molecule has 0 aliphatic heterocycles. The maximum atomic E-state index is 12.5. The van der Waals surface area contributed by atoms with E-state index in [9.17, 15) is 22.9 Å². The van der Waals surface area contributed by atoms with Gasteiger partial charge in [-0.2, -0.15) is 8.42 Å². The summed E-state index contributed by atoms with van der Waals surface area (Å²) in [7, 11) is -4.37. The zero-order valence-corrected chi connectivity index (χ0v) is 34.7.